The van der Waals surface area contributed by atoms with Crippen LogP contribution in [0.25, 0.3) is 0 Å². The molecule has 2 rings (SSSR count). The highest BCUT2D eigenvalue weighted by Crippen LogP contribution is 2.29. The van der Waals surface area contributed by atoms with Crippen molar-refractivity contribution in [3.05, 3.63) is 52.5 Å². The number of hydrogen-bond acceptors (Lipinski definition) is 4. The first-order valence-corrected chi connectivity index (χ1v) is 10.9. The van der Waals surface area contributed by atoms with E-state index < -0.39 is 10.0 Å². The standard InChI is InChI=1S/C19H23BrN2O4S/c1-4-13(3)21-19(23)14-7-6-8-16(11-14)27(24,25)22-15-9-10-18(26-5-2)17(20)12-15/h6-13,22H,4-5H2,1-3H3,(H,21,23)/t13-/m1/s1. The zero-order valence-corrected chi connectivity index (χ0v) is 17.9. The number of sulfonamides is 1. The van der Waals surface area contributed by atoms with Gasteiger partial charge < -0.3 is 10.1 Å². The molecule has 1 atom stereocenters. The highest BCUT2D eigenvalue weighted by Gasteiger charge is 2.18. The molecule has 146 valence electrons. The molecule has 2 N–H and O–H groups in total. The first kappa shape index (κ1) is 21.2. The quantitative estimate of drug-likeness (QED) is 0.626. The zero-order chi connectivity index (χ0) is 20.0. The summed E-state index contributed by atoms with van der Waals surface area (Å²) in [7, 11) is -3.84. The van der Waals surface area contributed by atoms with Gasteiger partial charge in [-0.15, -0.1) is 0 Å². The highest BCUT2D eigenvalue weighted by molar-refractivity contribution is 9.10. The lowest BCUT2D eigenvalue weighted by atomic mass is 10.2. The molecule has 0 fully saturated rings. The number of rotatable bonds is 8. The van der Waals surface area contributed by atoms with Gasteiger partial charge in [0.15, 0.2) is 0 Å². The van der Waals surface area contributed by atoms with Gasteiger partial charge in [-0.1, -0.05) is 13.0 Å². The van der Waals surface area contributed by atoms with Crippen LogP contribution in [0, 0.1) is 0 Å². The van der Waals surface area contributed by atoms with Crippen molar-refractivity contribution in [2.24, 2.45) is 0 Å². The normalized spacial score (nSPS) is 12.3. The summed E-state index contributed by atoms with van der Waals surface area (Å²) in [6, 6.07) is 10.9. The molecule has 0 unspecified atom stereocenters. The third-order valence-electron chi connectivity index (χ3n) is 3.88. The Bertz CT molecular complexity index is 916. The van der Waals surface area contributed by atoms with E-state index in [1.807, 2.05) is 20.8 Å². The number of hydrogen-bond donors (Lipinski definition) is 2. The van der Waals surface area contributed by atoms with Crippen molar-refractivity contribution >= 4 is 37.5 Å². The first-order chi connectivity index (χ1) is 12.8. The smallest absolute Gasteiger partial charge is 0.261 e. The Hall–Kier alpha value is -2.06. The molecule has 0 aliphatic rings. The Morgan fingerprint density at radius 3 is 2.56 bits per heavy atom. The maximum Gasteiger partial charge on any atom is 0.261 e. The van der Waals surface area contributed by atoms with Gasteiger partial charge in [0.1, 0.15) is 5.75 Å². The van der Waals surface area contributed by atoms with Gasteiger partial charge in [0, 0.05) is 11.6 Å². The number of carbonyl (C=O) groups excluding carboxylic acids is 1. The predicted molar refractivity (Wildman–Crippen MR) is 110 cm³/mol. The molecule has 1 amide bonds. The third-order valence-corrected chi connectivity index (χ3v) is 5.88. The van der Waals surface area contributed by atoms with E-state index >= 15 is 0 Å². The van der Waals surface area contributed by atoms with Gasteiger partial charge in [-0.25, -0.2) is 8.42 Å². The molecule has 6 nitrogen and oxygen atoms in total. The fourth-order valence-electron chi connectivity index (χ4n) is 2.26. The first-order valence-electron chi connectivity index (χ1n) is 8.63. The molecule has 2 aromatic rings. The van der Waals surface area contributed by atoms with Crippen molar-refractivity contribution in [1.82, 2.24) is 5.32 Å². The van der Waals surface area contributed by atoms with Crippen LogP contribution in [0.1, 0.15) is 37.6 Å². The van der Waals surface area contributed by atoms with Crippen molar-refractivity contribution < 1.29 is 17.9 Å². The van der Waals surface area contributed by atoms with Crippen LogP contribution in [-0.4, -0.2) is 27.0 Å². The van der Waals surface area contributed by atoms with Gasteiger partial charge in [0.05, 0.1) is 21.7 Å². The molecule has 8 heteroatoms. The van der Waals surface area contributed by atoms with Gasteiger partial charge >= 0.3 is 0 Å². The SMILES string of the molecule is CCOc1ccc(NS(=O)(=O)c2cccc(C(=O)N[C@H](C)CC)c2)cc1Br. The third kappa shape index (κ3) is 5.71. The molecular weight excluding hydrogens is 432 g/mol. The maximum atomic E-state index is 12.7. The van der Waals surface area contributed by atoms with Gasteiger partial charge in [-0.2, -0.15) is 0 Å². The fourth-order valence-corrected chi connectivity index (χ4v) is 3.85. The summed E-state index contributed by atoms with van der Waals surface area (Å²) in [5.74, 6) is 0.328. The summed E-state index contributed by atoms with van der Waals surface area (Å²) in [6.45, 7) is 6.23. The van der Waals surface area contributed by atoms with E-state index in [-0.39, 0.29) is 16.8 Å². The van der Waals surface area contributed by atoms with E-state index in [1.54, 1.807) is 30.3 Å². The number of halogens is 1. The summed E-state index contributed by atoms with van der Waals surface area (Å²) in [5.41, 5.74) is 0.686. The van der Waals surface area contributed by atoms with Gasteiger partial charge in [-0.3, -0.25) is 9.52 Å². The Morgan fingerprint density at radius 1 is 1.19 bits per heavy atom. The molecule has 0 saturated carbocycles. The van der Waals surface area contributed by atoms with Crippen molar-refractivity contribution in [1.29, 1.82) is 0 Å². The highest BCUT2D eigenvalue weighted by atomic mass is 79.9. The summed E-state index contributed by atoms with van der Waals surface area (Å²) in [4.78, 5) is 12.3. The number of anilines is 1. The van der Waals surface area contributed by atoms with Gasteiger partial charge in [0.25, 0.3) is 15.9 Å². The summed E-state index contributed by atoms with van der Waals surface area (Å²) < 4.78 is 34.0. The number of ether oxygens (including phenoxy) is 1. The van der Waals surface area contributed by atoms with Crippen molar-refractivity contribution in [3.63, 3.8) is 0 Å². The Labute approximate surface area is 168 Å². The summed E-state index contributed by atoms with van der Waals surface area (Å²) in [5, 5.41) is 2.83. The number of benzene rings is 2. The van der Waals surface area contributed by atoms with Crippen LogP contribution in [0.15, 0.2) is 51.8 Å². The zero-order valence-electron chi connectivity index (χ0n) is 15.5. The van der Waals surface area contributed by atoms with Crippen LogP contribution >= 0.6 is 15.9 Å². The molecule has 0 radical (unpaired) electrons. The molecule has 0 heterocycles. The van der Waals surface area contributed by atoms with E-state index in [0.29, 0.717) is 28.1 Å². The minimum Gasteiger partial charge on any atom is -0.493 e. The molecule has 0 aliphatic carbocycles. The summed E-state index contributed by atoms with van der Waals surface area (Å²) >= 11 is 3.36. The minimum atomic E-state index is -3.84. The topological polar surface area (TPSA) is 84.5 Å². The Morgan fingerprint density at radius 2 is 1.93 bits per heavy atom. The van der Waals surface area contributed by atoms with Gasteiger partial charge in [-0.05, 0) is 72.6 Å². The van der Waals surface area contributed by atoms with Crippen molar-refractivity contribution in [2.75, 3.05) is 11.3 Å². The second-order valence-corrected chi connectivity index (χ2v) is 8.53. The van der Waals surface area contributed by atoms with E-state index in [4.69, 9.17) is 4.74 Å². The molecule has 27 heavy (non-hydrogen) atoms. The molecular formula is C19H23BrN2O4S. The van der Waals surface area contributed by atoms with Crippen molar-refractivity contribution in [2.45, 2.75) is 38.1 Å². The lowest BCUT2D eigenvalue weighted by Crippen LogP contribution is -2.32. The van der Waals surface area contributed by atoms with Crippen molar-refractivity contribution in [3.8, 4) is 5.75 Å². The lowest BCUT2D eigenvalue weighted by Gasteiger charge is -2.13. The fraction of sp³-hybridized carbons (Fsp3) is 0.316. The number of nitrogens with one attached hydrogen (secondary N) is 2. The molecule has 0 spiro atoms. The van der Waals surface area contributed by atoms with Crippen LogP contribution in [0.4, 0.5) is 5.69 Å². The van der Waals surface area contributed by atoms with Crippen LogP contribution in [0.3, 0.4) is 0 Å². The van der Waals surface area contributed by atoms with E-state index in [9.17, 15) is 13.2 Å². The van der Waals surface area contributed by atoms with Crippen LogP contribution in [0.5, 0.6) is 5.75 Å². The van der Waals surface area contributed by atoms with E-state index in [0.717, 1.165) is 6.42 Å². The van der Waals surface area contributed by atoms with E-state index in [2.05, 4.69) is 26.0 Å². The molecule has 0 saturated heterocycles. The maximum absolute atomic E-state index is 12.7. The molecule has 0 bridgehead atoms. The van der Waals surface area contributed by atoms with Crippen LogP contribution < -0.4 is 14.8 Å². The average Bonchev–Trinajstić information content (AvgIpc) is 2.63. The lowest BCUT2D eigenvalue weighted by molar-refractivity contribution is 0.0939. The number of carbonyl (C=O) groups is 1. The summed E-state index contributed by atoms with van der Waals surface area (Å²) in [6.07, 6.45) is 0.790. The Balaban J connectivity index is 2.23. The second-order valence-electron chi connectivity index (χ2n) is 5.99. The predicted octanol–water partition coefficient (Wildman–Crippen LogP) is 4.18. The van der Waals surface area contributed by atoms with Crippen LogP contribution in [-0.2, 0) is 10.0 Å². The Kier molecular flexibility index (Phi) is 7.26. The molecule has 2 aromatic carbocycles. The largest absolute Gasteiger partial charge is 0.493 e. The minimum absolute atomic E-state index is 0.0112. The monoisotopic (exact) mass is 454 g/mol. The second kappa shape index (κ2) is 9.23. The average molecular weight is 455 g/mol. The number of amides is 1. The molecule has 0 aliphatic heterocycles. The molecule has 0 aromatic heterocycles. The van der Waals surface area contributed by atoms with Crippen LogP contribution in [0.2, 0.25) is 0 Å². The van der Waals surface area contributed by atoms with Gasteiger partial charge in [0.2, 0.25) is 0 Å². The van der Waals surface area contributed by atoms with E-state index in [1.165, 1.54) is 12.1 Å².